The Labute approximate surface area is 168 Å². The lowest BCUT2D eigenvalue weighted by atomic mass is 10.0. The lowest BCUT2D eigenvalue weighted by molar-refractivity contribution is 0.415. The minimum absolute atomic E-state index is 0.744. The molecule has 5 rings (SSSR count). The molecule has 1 aromatic heterocycles. The maximum absolute atomic E-state index is 5.26. The highest BCUT2D eigenvalue weighted by atomic mass is 16.5. The molecule has 4 heteroatoms. The summed E-state index contributed by atoms with van der Waals surface area (Å²) in [5, 5.41) is 17.0. The number of nitrogens with one attached hydrogen (secondary N) is 1. The molecular weight excluding hydrogens is 358 g/mol. The number of aromatic nitrogens is 2. The van der Waals surface area contributed by atoms with E-state index in [9.17, 15) is 0 Å². The van der Waals surface area contributed by atoms with Crippen LogP contribution in [-0.2, 0) is 0 Å². The molecule has 0 fully saturated rings. The molecule has 0 aliphatic rings. The summed E-state index contributed by atoms with van der Waals surface area (Å²) in [7, 11) is 1.66. The van der Waals surface area contributed by atoms with Crippen molar-refractivity contribution in [1.82, 2.24) is 10.2 Å². The number of benzene rings is 4. The molecule has 0 saturated carbocycles. The van der Waals surface area contributed by atoms with E-state index >= 15 is 0 Å². The maximum atomic E-state index is 5.26. The van der Waals surface area contributed by atoms with Crippen molar-refractivity contribution in [2.24, 2.45) is 0 Å². The van der Waals surface area contributed by atoms with Gasteiger partial charge in [-0.3, -0.25) is 0 Å². The van der Waals surface area contributed by atoms with Gasteiger partial charge in [-0.15, -0.1) is 10.2 Å². The maximum Gasteiger partial charge on any atom is 0.161 e. The largest absolute Gasteiger partial charge is 0.497 e. The fourth-order valence-electron chi connectivity index (χ4n) is 3.56. The van der Waals surface area contributed by atoms with Crippen LogP contribution >= 0.6 is 0 Å². The lowest BCUT2D eigenvalue weighted by Gasteiger charge is -2.12. The molecule has 4 aromatic carbocycles. The average Bonchev–Trinajstić information content (AvgIpc) is 2.79. The molecule has 0 aliphatic heterocycles. The van der Waals surface area contributed by atoms with E-state index in [1.54, 1.807) is 7.11 Å². The molecule has 0 saturated heterocycles. The first kappa shape index (κ1) is 17.2. The van der Waals surface area contributed by atoms with Crippen LogP contribution in [-0.4, -0.2) is 17.3 Å². The van der Waals surface area contributed by atoms with E-state index in [0.29, 0.717) is 0 Å². The highest BCUT2D eigenvalue weighted by Gasteiger charge is 2.11. The third-order valence-electron chi connectivity index (χ3n) is 5.06. The summed E-state index contributed by atoms with van der Waals surface area (Å²) in [5.41, 5.74) is 2.85. The van der Waals surface area contributed by atoms with Crippen molar-refractivity contribution < 1.29 is 4.74 Å². The SMILES string of the molecule is COc1ccc(-c2nnc(Nc3ccc4ccccc4c3)c3ccccc23)cc1. The first-order chi connectivity index (χ1) is 14.3. The Balaban J connectivity index is 1.58. The Morgan fingerprint density at radius 3 is 2.21 bits per heavy atom. The summed E-state index contributed by atoms with van der Waals surface area (Å²) in [6, 6.07) is 30.7. The van der Waals surface area contributed by atoms with Crippen molar-refractivity contribution in [3.05, 3.63) is 91.0 Å². The summed E-state index contributed by atoms with van der Waals surface area (Å²) in [5.74, 6) is 1.56. The number of rotatable bonds is 4. The summed E-state index contributed by atoms with van der Waals surface area (Å²) in [6.45, 7) is 0. The van der Waals surface area contributed by atoms with Crippen LogP contribution in [0.5, 0.6) is 5.75 Å². The summed E-state index contributed by atoms with van der Waals surface area (Å²) in [4.78, 5) is 0. The highest BCUT2D eigenvalue weighted by molar-refractivity contribution is 6.01. The Kier molecular flexibility index (Phi) is 4.30. The zero-order chi connectivity index (χ0) is 19.6. The third kappa shape index (κ3) is 3.25. The van der Waals surface area contributed by atoms with Crippen molar-refractivity contribution in [1.29, 1.82) is 0 Å². The van der Waals surface area contributed by atoms with Gasteiger partial charge in [0.05, 0.1) is 7.11 Å². The van der Waals surface area contributed by atoms with Crippen molar-refractivity contribution >= 4 is 33.1 Å². The van der Waals surface area contributed by atoms with Crippen LogP contribution in [0.2, 0.25) is 0 Å². The first-order valence-electron chi connectivity index (χ1n) is 9.47. The van der Waals surface area contributed by atoms with E-state index < -0.39 is 0 Å². The number of hydrogen-bond acceptors (Lipinski definition) is 4. The van der Waals surface area contributed by atoms with E-state index in [1.807, 2.05) is 48.5 Å². The Hall–Kier alpha value is -3.92. The van der Waals surface area contributed by atoms with Gasteiger partial charge in [0, 0.05) is 22.0 Å². The van der Waals surface area contributed by atoms with Crippen LogP contribution < -0.4 is 10.1 Å². The topological polar surface area (TPSA) is 47.0 Å². The van der Waals surface area contributed by atoms with Crippen LogP contribution in [0.15, 0.2) is 91.0 Å². The molecule has 140 valence electrons. The van der Waals surface area contributed by atoms with Gasteiger partial charge in [-0.05, 0) is 47.2 Å². The van der Waals surface area contributed by atoms with E-state index in [2.05, 4.69) is 58.0 Å². The second kappa shape index (κ2) is 7.24. The zero-order valence-electron chi connectivity index (χ0n) is 16.0. The van der Waals surface area contributed by atoms with E-state index in [-0.39, 0.29) is 0 Å². The van der Waals surface area contributed by atoms with Gasteiger partial charge in [0.25, 0.3) is 0 Å². The fourth-order valence-corrected chi connectivity index (χ4v) is 3.56. The molecule has 0 atom stereocenters. The number of methoxy groups -OCH3 is 1. The molecule has 1 N–H and O–H groups in total. The molecule has 0 amide bonds. The predicted molar refractivity (Wildman–Crippen MR) is 119 cm³/mol. The Morgan fingerprint density at radius 2 is 1.41 bits per heavy atom. The van der Waals surface area contributed by atoms with Gasteiger partial charge in [0.1, 0.15) is 11.4 Å². The van der Waals surface area contributed by atoms with Gasteiger partial charge in [-0.2, -0.15) is 0 Å². The molecular formula is C25H19N3O. The quantitative estimate of drug-likeness (QED) is 0.405. The van der Waals surface area contributed by atoms with Crippen molar-refractivity contribution in [3.63, 3.8) is 0 Å². The zero-order valence-corrected chi connectivity index (χ0v) is 16.0. The third-order valence-corrected chi connectivity index (χ3v) is 5.06. The molecule has 0 aliphatic carbocycles. The second-order valence-corrected chi connectivity index (χ2v) is 6.86. The van der Waals surface area contributed by atoms with E-state index in [1.165, 1.54) is 10.8 Å². The molecule has 0 bridgehead atoms. The van der Waals surface area contributed by atoms with Gasteiger partial charge in [0.15, 0.2) is 5.82 Å². The Morgan fingerprint density at radius 1 is 0.690 bits per heavy atom. The number of nitrogens with zero attached hydrogens (tertiary/aromatic N) is 2. The molecule has 0 radical (unpaired) electrons. The van der Waals surface area contributed by atoms with Crippen LogP contribution in [0, 0.1) is 0 Å². The summed E-state index contributed by atoms with van der Waals surface area (Å²) >= 11 is 0. The van der Waals surface area contributed by atoms with Crippen molar-refractivity contribution in [2.75, 3.05) is 12.4 Å². The van der Waals surface area contributed by atoms with E-state index in [4.69, 9.17) is 4.74 Å². The fraction of sp³-hybridized carbons (Fsp3) is 0.0400. The normalized spacial score (nSPS) is 10.9. The molecule has 0 unspecified atom stereocenters. The first-order valence-corrected chi connectivity index (χ1v) is 9.47. The van der Waals surface area contributed by atoms with Gasteiger partial charge in [-0.1, -0.05) is 54.6 Å². The minimum Gasteiger partial charge on any atom is -0.497 e. The van der Waals surface area contributed by atoms with Gasteiger partial charge < -0.3 is 10.1 Å². The van der Waals surface area contributed by atoms with Crippen molar-refractivity contribution in [2.45, 2.75) is 0 Å². The number of hydrogen-bond donors (Lipinski definition) is 1. The molecule has 5 aromatic rings. The van der Waals surface area contributed by atoms with Gasteiger partial charge in [-0.25, -0.2) is 0 Å². The van der Waals surface area contributed by atoms with Crippen molar-refractivity contribution in [3.8, 4) is 17.0 Å². The van der Waals surface area contributed by atoms with Crippen LogP contribution in [0.3, 0.4) is 0 Å². The smallest absolute Gasteiger partial charge is 0.161 e. The Bertz CT molecular complexity index is 1310. The number of anilines is 2. The van der Waals surface area contributed by atoms with Crippen LogP contribution in [0.25, 0.3) is 32.8 Å². The summed E-state index contributed by atoms with van der Waals surface area (Å²) in [6.07, 6.45) is 0. The second-order valence-electron chi connectivity index (χ2n) is 6.86. The summed E-state index contributed by atoms with van der Waals surface area (Å²) < 4.78 is 5.26. The van der Waals surface area contributed by atoms with Crippen LogP contribution in [0.4, 0.5) is 11.5 Å². The monoisotopic (exact) mass is 377 g/mol. The minimum atomic E-state index is 0.744. The van der Waals surface area contributed by atoms with Gasteiger partial charge >= 0.3 is 0 Å². The van der Waals surface area contributed by atoms with Crippen LogP contribution in [0.1, 0.15) is 0 Å². The number of ether oxygens (including phenoxy) is 1. The highest BCUT2D eigenvalue weighted by Crippen LogP contribution is 2.32. The molecule has 4 nitrogen and oxygen atoms in total. The molecule has 1 heterocycles. The predicted octanol–water partition coefficient (Wildman–Crippen LogP) is 6.20. The molecule has 29 heavy (non-hydrogen) atoms. The standard InChI is InChI=1S/C25H19N3O/c1-29-21-14-11-18(12-15-21)24-22-8-4-5-9-23(22)25(28-27-24)26-20-13-10-17-6-2-3-7-19(17)16-20/h2-16H,1H3,(H,26,28). The average molecular weight is 377 g/mol. The van der Waals surface area contributed by atoms with E-state index in [0.717, 1.165) is 39.3 Å². The lowest BCUT2D eigenvalue weighted by Crippen LogP contribution is -1.99. The van der Waals surface area contributed by atoms with Gasteiger partial charge in [0.2, 0.25) is 0 Å². The number of fused-ring (bicyclic) bond motifs is 2. The molecule has 0 spiro atoms.